The summed E-state index contributed by atoms with van der Waals surface area (Å²) in [7, 11) is 0. The summed E-state index contributed by atoms with van der Waals surface area (Å²) in [6.45, 7) is 6.16. The van der Waals surface area contributed by atoms with Crippen LogP contribution in [0.15, 0.2) is 115 Å². The van der Waals surface area contributed by atoms with Gasteiger partial charge in [0.1, 0.15) is 23.6 Å². The maximum absolute atomic E-state index is 8.74. The SMILES string of the molecule is N#CCOc1ccc(N2CCN(Cc3ccccc3)C[C@H]2c2ccc(Cl)cc2)c(Cl)c1.N#CCOc1ccc(N2CCNC[C@H]2c2ccc(Cl)cc2)c(Cl)c1. The monoisotopic (exact) mass is 812 g/mol. The zero-order valence-electron chi connectivity index (χ0n) is 30.1. The Morgan fingerprint density at radius 2 is 1.15 bits per heavy atom. The molecule has 2 aliphatic rings. The number of rotatable bonds is 10. The maximum atomic E-state index is 8.74. The van der Waals surface area contributed by atoms with Gasteiger partial charge in [0.2, 0.25) is 0 Å². The van der Waals surface area contributed by atoms with Gasteiger partial charge in [0.25, 0.3) is 0 Å². The van der Waals surface area contributed by atoms with E-state index in [2.05, 4.69) is 56.4 Å². The lowest BCUT2D eigenvalue weighted by molar-refractivity contribution is 0.215. The van der Waals surface area contributed by atoms with Crippen LogP contribution in [0.3, 0.4) is 0 Å². The molecule has 0 aromatic heterocycles. The third-order valence-electron chi connectivity index (χ3n) is 9.53. The third-order valence-corrected chi connectivity index (χ3v) is 10.6. The van der Waals surface area contributed by atoms with E-state index < -0.39 is 0 Å². The Bertz CT molecular complexity index is 2090. The minimum absolute atomic E-state index is 0.00123. The molecule has 2 aliphatic heterocycles. The molecule has 0 amide bonds. The number of nitriles is 2. The van der Waals surface area contributed by atoms with Crippen molar-refractivity contribution in [2.45, 2.75) is 18.6 Å². The lowest BCUT2D eigenvalue weighted by Gasteiger charge is -2.43. The molecule has 8 nitrogen and oxygen atoms in total. The van der Waals surface area contributed by atoms with E-state index in [-0.39, 0.29) is 25.3 Å². The summed E-state index contributed by atoms with van der Waals surface area (Å²) in [6, 6.07) is 41.9. The van der Waals surface area contributed by atoms with E-state index in [9.17, 15) is 0 Å². The Hall–Kier alpha value is -4.64. The van der Waals surface area contributed by atoms with Crippen LogP contribution in [0.4, 0.5) is 11.4 Å². The Labute approximate surface area is 342 Å². The van der Waals surface area contributed by atoms with Gasteiger partial charge in [-0.15, -0.1) is 0 Å². The molecule has 2 saturated heterocycles. The van der Waals surface area contributed by atoms with Crippen molar-refractivity contribution in [3.8, 4) is 23.6 Å². The zero-order chi connectivity index (χ0) is 38.6. The highest BCUT2D eigenvalue weighted by Gasteiger charge is 2.30. The van der Waals surface area contributed by atoms with Gasteiger partial charge >= 0.3 is 0 Å². The number of hydrogen-bond acceptors (Lipinski definition) is 8. The molecule has 55 heavy (non-hydrogen) atoms. The quantitative estimate of drug-likeness (QED) is 0.149. The van der Waals surface area contributed by atoms with Gasteiger partial charge in [-0.1, -0.05) is 101 Å². The number of piperazine rings is 2. The van der Waals surface area contributed by atoms with Gasteiger partial charge in [-0.3, -0.25) is 4.90 Å². The predicted molar refractivity (Wildman–Crippen MR) is 223 cm³/mol. The summed E-state index contributed by atoms with van der Waals surface area (Å²) in [5, 5.41) is 23.5. The first-order chi connectivity index (χ1) is 26.8. The molecule has 2 heterocycles. The van der Waals surface area contributed by atoms with Crippen LogP contribution in [0, 0.1) is 22.7 Å². The lowest BCUT2D eigenvalue weighted by atomic mass is 10.0. The van der Waals surface area contributed by atoms with Gasteiger partial charge in [0.15, 0.2) is 13.2 Å². The third kappa shape index (κ3) is 10.8. The molecule has 0 saturated carbocycles. The van der Waals surface area contributed by atoms with Crippen LogP contribution in [0.5, 0.6) is 11.5 Å². The first kappa shape index (κ1) is 40.0. The van der Waals surface area contributed by atoms with Gasteiger partial charge in [0, 0.05) is 68.0 Å². The minimum Gasteiger partial charge on any atom is -0.479 e. The van der Waals surface area contributed by atoms with Crippen LogP contribution in [0.1, 0.15) is 28.8 Å². The van der Waals surface area contributed by atoms with Crippen LogP contribution in [0.2, 0.25) is 20.1 Å². The highest BCUT2D eigenvalue weighted by molar-refractivity contribution is 6.34. The number of anilines is 2. The van der Waals surface area contributed by atoms with Crippen LogP contribution in [0.25, 0.3) is 0 Å². The van der Waals surface area contributed by atoms with Crippen LogP contribution < -0.4 is 24.6 Å². The largest absolute Gasteiger partial charge is 0.479 e. The van der Waals surface area contributed by atoms with E-state index in [1.165, 1.54) is 16.7 Å². The normalized spacial score (nSPS) is 17.0. The maximum Gasteiger partial charge on any atom is 0.174 e. The second-order valence-electron chi connectivity index (χ2n) is 13.1. The highest BCUT2D eigenvalue weighted by atomic mass is 35.5. The number of nitrogens with zero attached hydrogens (tertiary/aromatic N) is 5. The van der Waals surface area contributed by atoms with Gasteiger partial charge in [-0.25, -0.2) is 0 Å². The van der Waals surface area contributed by atoms with Gasteiger partial charge in [-0.2, -0.15) is 10.5 Å². The second-order valence-corrected chi connectivity index (χ2v) is 14.8. The predicted octanol–water partition coefficient (Wildman–Crippen LogP) is 10.0. The van der Waals surface area contributed by atoms with Crippen LogP contribution in [-0.4, -0.2) is 57.4 Å². The topological polar surface area (TPSA) is 87.8 Å². The molecule has 282 valence electrons. The van der Waals surface area contributed by atoms with E-state index in [0.717, 1.165) is 67.2 Å². The molecule has 12 heteroatoms. The van der Waals surface area contributed by atoms with Crippen molar-refractivity contribution in [1.82, 2.24) is 10.2 Å². The number of hydrogen-bond donors (Lipinski definition) is 1. The van der Waals surface area contributed by atoms with Gasteiger partial charge < -0.3 is 24.6 Å². The molecule has 0 unspecified atom stereocenters. The molecule has 0 spiro atoms. The molecule has 5 aromatic rings. The first-order valence-electron chi connectivity index (χ1n) is 17.9. The first-order valence-corrected chi connectivity index (χ1v) is 19.4. The number of halogens is 4. The van der Waals surface area contributed by atoms with E-state index >= 15 is 0 Å². The Morgan fingerprint density at radius 1 is 0.618 bits per heavy atom. The molecule has 2 atom stereocenters. The number of benzene rings is 5. The summed E-state index contributed by atoms with van der Waals surface area (Å²) in [5.41, 5.74) is 5.62. The molecule has 5 aromatic carbocycles. The van der Waals surface area contributed by atoms with Crippen LogP contribution >= 0.6 is 46.4 Å². The smallest absolute Gasteiger partial charge is 0.174 e. The van der Waals surface area contributed by atoms with Crippen molar-refractivity contribution < 1.29 is 9.47 Å². The van der Waals surface area contributed by atoms with E-state index in [1.807, 2.05) is 78.9 Å². The van der Waals surface area contributed by atoms with Crippen LogP contribution in [-0.2, 0) is 6.54 Å². The second kappa shape index (κ2) is 19.8. The Morgan fingerprint density at radius 3 is 1.67 bits per heavy atom. The Balaban J connectivity index is 0.000000193. The zero-order valence-corrected chi connectivity index (χ0v) is 33.1. The molecule has 0 bridgehead atoms. The average molecular weight is 815 g/mol. The van der Waals surface area contributed by atoms with Crippen molar-refractivity contribution in [3.05, 3.63) is 152 Å². The van der Waals surface area contributed by atoms with E-state index in [0.29, 0.717) is 21.5 Å². The molecular formula is C43H40Cl4N6O2. The van der Waals surface area contributed by atoms with Crippen molar-refractivity contribution >= 4 is 57.8 Å². The molecule has 0 aliphatic carbocycles. The van der Waals surface area contributed by atoms with Gasteiger partial charge in [0.05, 0.1) is 33.5 Å². The summed E-state index contributed by atoms with van der Waals surface area (Å²) in [5.74, 6) is 1.20. The molecule has 1 N–H and O–H groups in total. The number of nitrogens with one attached hydrogen (secondary N) is 1. The van der Waals surface area contributed by atoms with Crippen molar-refractivity contribution in [1.29, 1.82) is 10.5 Å². The standard InChI is InChI=1S/C25H23Cl2N3O.C18H17Cl2N3O/c26-21-8-6-20(7-9-21)25-18-29(17-19-4-2-1-3-5-19)13-14-30(25)24-11-10-22(16-23(24)27)31-15-12-28;19-14-3-1-13(2-4-14)18-12-22-8-9-23(18)17-6-5-15(11-16(17)20)24-10-7-21/h1-11,16,25H,13-15,17-18H2;1-6,11,18,22H,8-10,12H2/t25-;18-/m00/s1. The molecular weight excluding hydrogens is 774 g/mol. The fourth-order valence-electron chi connectivity index (χ4n) is 6.91. The fraction of sp³-hybridized carbons (Fsp3) is 0.256. The van der Waals surface area contributed by atoms with Crippen molar-refractivity contribution in [3.63, 3.8) is 0 Å². The molecule has 7 rings (SSSR count). The van der Waals surface area contributed by atoms with Crippen molar-refractivity contribution in [2.75, 3.05) is 62.3 Å². The fourth-order valence-corrected chi connectivity index (χ4v) is 7.72. The van der Waals surface area contributed by atoms with Gasteiger partial charge in [-0.05, 0) is 65.2 Å². The summed E-state index contributed by atoms with van der Waals surface area (Å²) < 4.78 is 10.7. The minimum atomic E-state index is 0.00123. The molecule has 2 fully saturated rings. The van der Waals surface area contributed by atoms with E-state index in [1.54, 1.807) is 12.1 Å². The average Bonchev–Trinajstić information content (AvgIpc) is 3.21. The summed E-state index contributed by atoms with van der Waals surface area (Å²) in [4.78, 5) is 7.11. The van der Waals surface area contributed by atoms with E-state index in [4.69, 9.17) is 66.4 Å². The molecule has 0 radical (unpaired) electrons. The van der Waals surface area contributed by atoms with Crippen molar-refractivity contribution in [2.24, 2.45) is 0 Å². The summed E-state index contributed by atoms with van der Waals surface area (Å²) >= 11 is 25.3. The lowest BCUT2D eigenvalue weighted by Crippen LogP contribution is -2.48. The number of ether oxygens (including phenoxy) is 2. The highest BCUT2D eigenvalue weighted by Crippen LogP contribution is 2.38. The Kier molecular flexibility index (Phi) is 14.4. The summed E-state index contributed by atoms with van der Waals surface area (Å²) in [6.07, 6.45) is 0.